The second-order valence-electron chi connectivity index (χ2n) is 4.63. The van der Waals surface area contributed by atoms with Crippen molar-refractivity contribution < 1.29 is 22.8 Å². The summed E-state index contributed by atoms with van der Waals surface area (Å²) >= 11 is 0. The molecule has 3 rings (SSSR count). The molecule has 1 aliphatic rings. The summed E-state index contributed by atoms with van der Waals surface area (Å²) in [6.07, 6.45) is 1.14. The number of nitrogens with zero attached hydrogens (tertiary/aromatic N) is 2. The number of benzene rings is 1. The van der Waals surface area contributed by atoms with Gasteiger partial charge in [0.05, 0.1) is 7.11 Å². The first kappa shape index (κ1) is 12.7. The molecular weight excluding hydrogens is 270 g/mol. The van der Waals surface area contributed by atoms with Crippen LogP contribution < -0.4 is 0 Å². The minimum atomic E-state index is -0.997. The standard InChI is InChI=1S/C13H10F2N2O3/c1-19-12(18)13(4-5-13)11-16-10(17-20-11)7-2-3-8(14)9(15)6-7/h2-3,6H,4-5H2,1H3. The number of carbonyl (C=O) groups is 1. The Bertz CT molecular complexity index is 680. The monoisotopic (exact) mass is 280 g/mol. The zero-order valence-electron chi connectivity index (χ0n) is 10.5. The highest BCUT2D eigenvalue weighted by molar-refractivity contribution is 5.85. The van der Waals surface area contributed by atoms with Gasteiger partial charge in [0.1, 0.15) is 5.41 Å². The molecule has 1 fully saturated rings. The first-order chi connectivity index (χ1) is 9.56. The molecule has 0 amide bonds. The van der Waals surface area contributed by atoms with Crippen LogP contribution in [0.3, 0.4) is 0 Å². The van der Waals surface area contributed by atoms with Gasteiger partial charge in [0, 0.05) is 5.56 Å². The van der Waals surface area contributed by atoms with E-state index in [0.29, 0.717) is 12.8 Å². The van der Waals surface area contributed by atoms with Crippen molar-refractivity contribution in [3.05, 3.63) is 35.7 Å². The molecule has 5 nitrogen and oxygen atoms in total. The lowest BCUT2D eigenvalue weighted by atomic mass is 10.1. The lowest BCUT2D eigenvalue weighted by Gasteiger charge is -2.05. The smallest absolute Gasteiger partial charge is 0.321 e. The Morgan fingerprint density at radius 1 is 1.35 bits per heavy atom. The van der Waals surface area contributed by atoms with Crippen molar-refractivity contribution in [2.45, 2.75) is 18.3 Å². The number of halogens is 2. The van der Waals surface area contributed by atoms with Gasteiger partial charge in [0.2, 0.25) is 11.7 Å². The minimum Gasteiger partial charge on any atom is -0.468 e. The van der Waals surface area contributed by atoms with Crippen molar-refractivity contribution in [3.8, 4) is 11.4 Å². The molecule has 1 aliphatic carbocycles. The first-order valence-electron chi connectivity index (χ1n) is 5.95. The van der Waals surface area contributed by atoms with Gasteiger partial charge >= 0.3 is 5.97 Å². The van der Waals surface area contributed by atoms with Gasteiger partial charge in [-0.3, -0.25) is 4.79 Å². The lowest BCUT2D eigenvalue weighted by molar-refractivity contribution is -0.144. The Kier molecular flexibility index (Phi) is 2.77. The van der Waals surface area contributed by atoms with Crippen LogP contribution in [-0.2, 0) is 14.9 Å². The van der Waals surface area contributed by atoms with E-state index in [2.05, 4.69) is 10.1 Å². The molecule has 0 radical (unpaired) electrons. The van der Waals surface area contributed by atoms with Crippen LogP contribution in [0.15, 0.2) is 22.7 Å². The molecule has 1 aromatic carbocycles. The van der Waals surface area contributed by atoms with Crippen molar-refractivity contribution in [1.82, 2.24) is 10.1 Å². The Hall–Kier alpha value is -2.31. The van der Waals surface area contributed by atoms with E-state index < -0.39 is 23.0 Å². The molecule has 104 valence electrons. The van der Waals surface area contributed by atoms with Crippen LogP contribution in [0.25, 0.3) is 11.4 Å². The van der Waals surface area contributed by atoms with Crippen molar-refractivity contribution in [2.75, 3.05) is 7.11 Å². The molecule has 1 aromatic heterocycles. The van der Waals surface area contributed by atoms with Crippen molar-refractivity contribution in [2.24, 2.45) is 0 Å². The molecule has 0 bridgehead atoms. The van der Waals surface area contributed by atoms with Crippen LogP contribution in [-0.4, -0.2) is 23.2 Å². The summed E-state index contributed by atoms with van der Waals surface area (Å²) in [5, 5.41) is 3.70. The highest BCUT2D eigenvalue weighted by atomic mass is 19.2. The second-order valence-corrected chi connectivity index (χ2v) is 4.63. The molecule has 2 aromatic rings. The summed E-state index contributed by atoms with van der Waals surface area (Å²) in [6, 6.07) is 3.29. The van der Waals surface area contributed by atoms with Gasteiger partial charge in [-0.2, -0.15) is 4.98 Å². The highest BCUT2D eigenvalue weighted by Crippen LogP contribution is 2.48. The summed E-state index contributed by atoms with van der Waals surface area (Å²) in [7, 11) is 1.29. The van der Waals surface area contributed by atoms with E-state index in [1.807, 2.05) is 0 Å². The van der Waals surface area contributed by atoms with Crippen molar-refractivity contribution >= 4 is 5.97 Å². The zero-order chi connectivity index (χ0) is 14.3. The van der Waals surface area contributed by atoms with Gasteiger partial charge < -0.3 is 9.26 Å². The quantitative estimate of drug-likeness (QED) is 0.806. The number of aromatic nitrogens is 2. The Balaban J connectivity index is 1.94. The van der Waals surface area contributed by atoms with Crippen LogP contribution in [0.5, 0.6) is 0 Å². The Morgan fingerprint density at radius 2 is 2.10 bits per heavy atom. The third-order valence-corrected chi connectivity index (χ3v) is 3.34. The molecule has 0 spiro atoms. The maximum absolute atomic E-state index is 13.2. The van der Waals surface area contributed by atoms with Crippen LogP contribution in [0.1, 0.15) is 18.7 Å². The van der Waals surface area contributed by atoms with E-state index in [4.69, 9.17) is 9.26 Å². The maximum Gasteiger partial charge on any atom is 0.321 e. The molecule has 0 N–H and O–H groups in total. The molecule has 1 saturated carbocycles. The molecule has 0 saturated heterocycles. The van der Waals surface area contributed by atoms with Crippen LogP contribution >= 0.6 is 0 Å². The number of ether oxygens (including phenoxy) is 1. The number of rotatable bonds is 3. The minimum absolute atomic E-state index is 0.106. The van der Waals surface area contributed by atoms with E-state index in [0.717, 1.165) is 12.1 Å². The van der Waals surface area contributed by atoms with Gasteiger partial charge in [-0.15, -0.1) is 0 Å². The summed E-state index contributed by atoms with van der Waals surface area (Å²) < 4.78 is 35.8. The molecule has 0 unspecified atom stereocenters. The van der Waals surface area contributed by atoms with Crippen LogP contribution in [0.4, 0.5) is 8.78 Å². The van der Waals surface area contributed by atoms with Gasteiger partial charge in [-0.1, -0.05) is 5.16 Å². The normalized spacial score (nSPS) is 15.9. The van der Waals surface area contributed by atoms with E-state index in [9.17, 15) is 13.6 Å². The Labute approximate surface area is 112 Å². The molecule has 0 aliphatic heterocycles. The first-order valence-corrected chi connectivity index (χ1v) is 5.95. The fourth-order valence-electron chi connectivity index (χ4n) is 2.00. The van der Waals surface area contributed by atoms with Gasteiger partial charge in [0.25, 0.3) is 0 Å². The van der Waals surface area contributed by atoms with Crippen molar-refractivity contribution in [1.29, 1.82) is 0 Å². The summed E-state index contributed by atoms with van der Waals surface area (Å²) in [5.41, 5.74) is -0.599. The predicted molar refractivity (Wildman–Crippen MR) is 62.6 cm³/mol. The molecule has 0 atom stereocenters. The molecular formula is C13H10F2N2O3. The number of methoxy groups -OCH3 is 1. The largest absolute Gasteiger partial charge is 0.468 e. The highest BCUT2D eigenvalue weighted by Gasteiger charge is 2.57. The van der Waals surface area contributed by atoms with Crippen LogP contribution in [0, 0.1) is 11.6 Å². The fraction of sp³-hybridized carbons (Fsp3) is 0.308. The Morgan fingerprint density at radius 3 is 2.70 bits per heavy atom. The maximum atomic E-state index is 13.2. The van der Waals surface area contributed by atoms with E-state index in [1.165, 1.54) is 13.2 Å². The van der Waals surface area contributed by atoms with Crippen molar-refractivity contribution in [3.63, 3.8) is 0 Å². The summed E-state index contributed by atoms with van der Waals surface area (Å²) in [5.74, 6) is -2.13. The summed E-state index contributed by atoms with van der Waals surface area (Å²) in [4.78, 5) is 15.8. The fourth-order valence-corrected chi connectivity index (χ4v) is 2.00. The van der Waals surface area contributed by atoms with E-state index in [-0.39, 0.29) is 17.3 Å². The van der Waals surface area contributed by atoms with Gasteiger partial charge in [0.15, 0.2) is 11.6 Å². The second kappa shape index (κ2) is 4.36. The number of hydrogen-bond acceptors (Lipinski definition) is 5. The predicted octanol–water partition coefficient (Wildman–Crippen LogP) is 2.22. The molecule has 20 heavy (non-hydrogen) atoms. The molecule has 1 heterocycles. The topological polar surface area (TPSA) is 65.2 Å². The average Bonchev–Trinajstić information content (AvgIpc) is 3.11. The zero-order valence-corrected chi connectivity index (χ0v) is 10.5. The van der Waals surface area contributed by atoms with Gasteiger partial charge in [-0.25, -0.2) is 8.78 Å². The average molecular weight is 280 g/mol. The lowest BCUT2D eigenvalue weighted by Crippen LogP contribution is -2.22. The number of esters is 1. The molecule has 7 heteroatoms. The number of carbonyl (C=O) groups excluding carboxylic acids is 1. The van der Waals surface area contributed by atoms with Crippen LogP contribution in [0.2, 0.25) is 0 Å². The summed E-state index contributed by atoms with van der Waals surface area (Å²) in [6.45, 7) is 0. The van der Waals surface area contributed by atoms with E-state index in [1.54, 1.807) is 0 Å². The SMILES string of the molecule is COC(=O)C1(c2nc(-c3ccc(F)c(F)c3)no2)CC1. The third-order valence-electron chi connectivity index (χ3n) is 3.34. The van der Waals surface area contributed by atoms with Gasteiger partial charge in [-0.05, 0) is 31.0 Å². The number of hydrogen-bond donors (Lipinski definition) is 0. The third kappa shape index (κ3) is 1.86. The van der Waals surface area contributed by atoms with E-state index >= 15 is 0 Å².